The number of thiol groups is 1. The molecule has 2 aromatic heterocycles. The van der Waals surface area contributed by atoms with Crippen LogP contribution in [0.5, 0.6) is 0 Å². The van der Waals surface area contributed by atoms with Crippen molar-refractivity contribution in [2.45, 2.75) is 5.16 Å². The summed E-state index contributed by atoms with van der Waals surface area (Å²) in [4.78, 5) is 12.0. The number of hydrogen-bond acceptors (Lipinski definition) is 4. The molecule has 0 aliphatic rings. The minimum Gasteiger partial charge on any atom is -0.307 e. The van der Waals surface area contributed by atoms with Crippen molar-refractivity contribution >= 4 is 23.8 Å². The molecular weight excluding hydrogens is 160 g/mol. The van der Waals surface area contributed by atoms with E-state index in [4.69, 9.17) is 0 Å². The molecule has 4 nitrogen and oxygen atoms in total. The molecule has 0 radical (unpaired) electrons. The molecule has 2 aromatic rings. The summed E-state index contributed by atoms with van der Waals surface area (Å²) in [6.07, 6.45) is 3.17. The van der Waals surface area contributed by atoms with Gasteiger partial charge in [0.25, 0.3) is 0 Å². The van der Waals surface area contributed by atoms with Crippen LogP contribution >= 0.6 is 12.6 Å². The van der Waals surface area contributed by atoms with E-state index in [9.17, 15) is 0 Å². The van der Waals surface area contributed by atoms with E-state index in [1.54, 1.807) is 10.8 Å². The van der Waals surface area contributed by atoms with Crippen LogP contribution in [0.25, 0.3) is 11.2 Å². The van der Waals surface area contributed by atoms with E-state index in [0.29, 0.717) is 5.16 Å². The Kier molecular flexibility index (Phi) is 1.32. The minimum atomic E-state index is 0.653. The lowest BCUT2D eigenvalue weighted by atomic mass is 10.6. The number of aryl methyl sites for hydroxylation is 1. The molecule has 56 valence electrons. The van der Waals surface area contributed by atoms with Crippen molar-refractivity contribution < 1.29 is 0 Å². The predicted molar refractivity (Wildman–Crippen MR) is 43.6 cm³/mol. The van der Waals surface area contributed by atoms with Crippen LogP contribution < -0.4 is 0 Å². The number of imidazole rings is 1. The normalized spacial score (nSPS) is 10.7. The van der Waals surface area contributed by atoms with Gasteiger partial charge in [0.1, 0.15) is 11.8 Å². The second-order valence-electron chi connectivity index (χ2n) is 2.20. The van der Waals surface area contributed by atoms with Gasteiger partial charge in [0, 0.05) is 7.05 Å². The van der Waals surface area contributed by atoms with Gasteiger partial charge in [-0.2, -0.15) is 0 Å². The maximum atomic E-state index is 4.14. The lowest BCUT2D eigenvalue weighted by Crippen LogP contribution is -1.89. The highest BCUT2D eigenvalue weighted by atomic mass is 32.1. The highest BCUT2D eigenvalue weighted by Crippen LogP contribution is 2.12. The molecule has 0 saturated heterocycles. The molecule has 0 N–H and O–H groups in total. The summed E-state index contributed by atoms with van der Waals surface area (Å²) >= 11 is 4.14. The molecule has 11 heavy (non-hydrogen) atoms. The third-order valence-electron chi connectivity index (χ3n) is 1.51. The SMILES string of the molecule is Cn1c(S)nc2cncnc21. The highest BCUT2D eigenvalue weighted by Gasteiger charge is 2.03. The van der Waals surface area contributed by atoms with Gasteiger partial charge in [0.2, 0.25) is 0 Å². The van der Waals surface area contributed by atoms with Crippen LogP contribution in [-0.4, -0.2) is 19.5 Å². The number of aromatic nitrogens is 4. The summed E-state index contributed by atoms with van der Waals surface area (Å²) in [6, 6.07) is 0. The molecule has 0 saturated carbocycles. The molecule has 0 aliphatic heterocycles. The first kappa shape index (κ1) is 6.60. The number of fused-ring (bicyclic) bond motifs is 1. The van der Waals surface area contributed by atoms with E-state index in [1.165, 1.54) is 6.33 Å². The van der Waals surface area contributed by atoms with Gasteiger partial charge >= 0.3 is 0 Å². The topological polar surface area (TPSA) is 43.6 Å². The van der Waals surface area contributed by atoms with Crippen LogP contribution in [0.3, 0.4) is 0 Å². The van der Waals surface area contributed by atoms with E-state index in [-0.39, 0.29) is 0 Å². The smallest absolute Gasteiger partial charge is 0.166 e. The van der Waals surface area contributed by atoms with Crippen LogP contribution in [0.1, 0.15) is 0 Å². The van der Waals surface area contributed by atoms with Crippen molar-refractivity contribution in [3.63, 3.8) is 0 Å². The zero-order valence-corrected chi connectivity index (χ0v) is 6.79. The molecule has 0 aromatic carbocycles. The molecule has 0 spiro atoms. The van der Waals surface area contributed by atoms with Gasteiger partial charge in [-0.25, -0.2) is 15.0 Å². The maximum Gasteiger partial charge on any atom is 0.166 e. The van der Waals surface area contributed by atoms with Gasteiger partial charge in [-0.15, -0.1) is 12.6 Å². The Bertz CT molecular complexity index is 394. The Morgan fingerprint density at radius 2 is 2.36 bits per heavy atom. The fourth-order valence-corrected chi connectivity index (χ4v) is 1.13. The Morgan fingerprint density at radius 3 is 3.09 bits per heavy atom. The Balaban J connectivity index is 2.92. The maximum absolute atomic E-state index is 4.14. The molecule has 0 unspecified atom stereocenters. The van der Waals surface area contributed by atoms with Gasteiger partial charge in [0.15, 0.2) is 10.8 Å². The Labute approximate surface area is 68.7 Å². The second-order valence-corrected chi connectivity index (χ2v) is 2.60. The zero-order chi connectivity index (χ0) is 7.84. The summed E-state index contributed by atoms with van der Waals surface area (Å²) < 4.78 is 1.81. The molecule has 0 bridgehead atoms. The molecule has 0 amide bonds. The minimum absolute atomic E-state index is 0.653. The van der Waals surface area contributed by atoms with E-state index in [1.807, 2.05) is 7.05 Å². The summed E-state index contributed by atoms with van der Waals surface area (Å²) in [5.41, 5.74) is 1.59. The first-order chi connectivity index (χ1) is 5.29. The molecule has 0 aliphatic carbocycles. The van der Waals surface area contributed by atoms with E-state index in [0.717, 1.165) is 11.2 Å². The summed E-state index contributed by atoms with van der Waals surface area (Å²) in [5, 5.41) is 0.653. The first-order valence-electron chi connectivity index (χ1n) is 3.10. The first-order valence-corrected chi connectivity index (χ1v) is 3.55. The van der Waals surface area contributed by atoms with Crippen molar-refractivity contribution in [2.75, 3.05) is 0 Å². The summed E-state index contributed by atoms with van der Waals surface area (Å²) in [7, 11) is 1.87. The van der Waals surface area contributed by atoms with Crippen molar-refractivity contribution in [1.29, 1.82) is 0 Å². The van der Waals surface area contributed by atoms with Crippen molar-refractivity contribution in [3.8, 4) is 0 Å². The van der Waals surface area contributed by atoms with Crippen molar-refractivity contribution in [1.82, 2.24) is 19.5 Å². The monoisotopic (exact) mass is 166 g/mol. The third kappa shape index (κ3) is 0.883. The standard InChI is InChI=1S/C6H6N4S/c1-10-5-4(9-6(10)11)2-7-3-8-5/h2-3H,1H3,(H,9,11). The van der Waals surface area contributed by atoms with Crippen LogP contribution in [0.4, 0.5) is 0 Å². The molecular formula is C6H6N4S. The number of rotatable bonds is 0. The highest BCUT2D eigenvalue weighted by molar-refractivity contribution is 7.80. The largest absolute Gasteiger partial charge is 0.307 e. The lowest BCUT2D eigenvalue weighted by molar-refractivity contribution is 0.809. The van der Waals surface area contributed by atoms with Gasteiger partial charge in [-0.1, -0.05) is 0 Å². The third-order valence-corrected chi connectivity index (χ3v) is 1.91. The van der Waals surface area contributed by atoms with Crippen LogP contribution in [0.15, 0.2) is 17.7 Å². The number of nitrogens with zero attached hydrogens (tertiary/aromatic N) is 4. The Hall–Kier alpha value is -1.10. The van der Waals surface area contributed by atoms with Crippen molar-refractivity contribution in [3.05, 3.63) is 12.5 Å². The average Bonchev–Trinajstić information content (AvgIpc) is 2.30. The van der Waals surface area contributed by atoms with Crippen molar-refractivity contribution in [2.24, 2.45) is 7.05 Å². The van der Waals surface area contributed by atoms with Crippen LogP contribution in [0.2, 0.25) is 0 Å². The summed E-state index contributed by atoms with van der Waals surface area (Å²) in [6.45, 7) is 0. The van der Waals surface area contributed by atoms with Crippen LogP contribution in [0, 0.1) is 0 Å². The average molecular weight is 166 g/mol. The number of hydrogen-bond donors (Lipinski definition) is 1. The zero-order valence-electron chi connectivity index (χ0n) is 5.89. The van der Waals surface area contributed by atoms with Gasteiger partial charge < -0.3 is 4.57 Å². The second kappa shape index (κ2) is 2.20. The molecule has 0 fully saturated rings. The Morgan fingerprint density at radius 1 is 1.55 bits per heavy atom. The molecule has 2 heterocycles. The predicted octanol–water partition coefficient (Wildman–Crippen LogP) is 0.652. The molecule has 2 rings (SSSR count). The molecule has 0 atom stereocenters. The van der Waals surface area contributed by atoms with Gasteiger partial charge in [-0.3, -0.25) is 0 Å². The van der Waals surface area contributed by atoms with Crippen LogP contribution in [-0.2, 0) is 7.05 Å². The van der Waals surface area contributed by atoms with Gasteiger partial charge in [0.05, 0.1) is 6.20 Å². The van der Waals surface area contributed by atoms with E-state index >= 15 is 0 Å². The summed E-state index contributed by atoms with van der Waals surface area (Å²) in [5.74, 6) is 0. The van der Waals surface area contributed by atoms with E-state index < -0.39 is 0 Å². The fourth-order valence-electron chi connectivity index (χ4n) is 0.931. The quantitative estimate of drug-likeness (QED) is 0.584. The van der Waals surface area contributed by atoms with E-state index in [2.05, 4.69) is 27.6 Å². The molecule has 5 heteroatoms. The fraction of sp³-hybridized carbons (Fsp3) is 0.167. The van der Waals surface area contributed by atoms with Gasteiger partial charge in [-0.05, 0) is 0 Å². The lowest BCUT2D eigenvalue weighted by Gasteiger charge is -1.91.